The fraction of sp³-hybridized carbons (Fsp3) is 0.500. The van der Waals surface area contributed by atoms with Gasteiger partial charge in [0.2, 0.25) is 10.0 Å². The van der Waals surface area contributed by atoms with Gasteiger partial charge in [-0.3, -0.25) is 4.79 Å². The van der Waals surface area contributed by atoms with E-state index in [4.69, 9.17) is 14.6 Å². The van der Waals surface area contributed by atoms with Crippen molar-refractivity contribution in [1.29, 1.82) is 0 Å². The zero-order chi connectivity index (χ0) is 16.8. The van der Waals surface area contributed by atoms with Gasteiger partial charge in [0.1, 0.15) is 5.75 Å². The summed E-state index contributed by atoms with van der Waals surface area (Å²) in [6.07, 6.45) is 0.795. The van der Waals surface area contributed by atoms with Crippen LogP contribution in [0.2, 0.25) is 0 Å². The number of methoxy groups -OCH3 is 1. The number of nitrogens with one attached hydrogen (secondary N) is 1. The Bertz CT molecular complexity index is 614. The molecule has 1 amide bonds. The molecule has 8 heteroatoms. The zero-order valence-electron chi connectivity index (χ0n) is 13.0. The van der Waals surface area contributed by atoms with Crippen LogP contribution in [0.25, 0.3) is 0 Å². The molecule has 0 aromatic heterocycles. The first kappa shape index (κ1) is 18.4. The minimum Gasteiger partial charge on any atom is -0.496 e. The summed E-state index contributed by atoms with van der Waals surface area (Å²) in [4.78, 5) is 12.0. The monoisotopic (exact) mass is 330 g/mol. The third-order valence-corrected chi connectivity index (χ3v) is 3.71. The molecule has 3 N–H and O–H groups in total. The molecule has 0 aliphatic heterocycles. The van der Waals surface area contributed by atoms with Crippen molar-refractivity contribution >= 4 is 15.9 Å². The van der Waals surface area contributed by atoms with Gasteiger partial charge in [-0.05, 0) is 38.5 Å². The lowest BCUT2D eigenvalue weighted by Crippen LogP contribution is -2.26. The molecule has 0 aliphatic carbocycles. The minimum absolute atomic E-state index is 0.124. The predicted octanol–water partition coefficient (Wildman–Crippen LogP) is 0.887. The van der Waals surface area contributed by atoms with Crippen LogP contribution in [0.15, 0.2) is 23.1 Å². The number of sulfonamides is 1. The Morgan fingerprint density at radius 2 is 2.05 bits per heavy atom. The summed E-state index contributed by atoms with van der Waals surface area (Å²) >= 11 is 0. The molecule has 0 heterocycles. The Morgan fingerprint density at radius 1 is 1.36 bits per heavy atom. The van der Waals surface area contributed by atoms with E-state index in [9.17, 15) is 13.2 Å². The molecule has 22 heavy (non-hydrogen) atoms. The summed E-state index contributed by atoms with van der Waals surface area (Å²) in [5.74, 6) is -0.143. The van der Waals surface area contributed by atoms with Gasteiger partial charge >= 0.3 is 0 Å². The third-order valence-electron chi connectivity index (χ3n) is 2.80. The molecule has 0 aliphatic rings. The normalized spacial score (nSPS) is 11.5. The molecule has 0 unspecified atom stereocenters. The molecule has 1 aromatic carbocycles. The van der Waals surface area contributed by atoms with E-state index in [2.05, 4.69) is 5.32 Å². The topological polar surface area (TPSA) is 108 Å². The van der Waals surface area contributed by atoms with Crippen molar-refractivity contribution in [2.24, 2.45) is 5.14 Å². The molecule has 1 rings (SSSR count). The highest BCUT2D eigenvalue weighted by molar-refractivity contribution is 7.89. The Labute approximate surface area is 130 Å². The second-order valence-corrected chi connectivity index (χ2v) is 6.50. The highest BCUT2D eigenvalue weighted by Crippen LogP contribution is 2.21. The van der Waals surface area contributed by atoms with Crippen LogP contribution in [-0.2, 0) is 14.8 Å². The smallest absolute Gasteiger partial charge is 0.255 e. The van der Waals surface area contributed by atoms with Crippen LogP contribution in [0.4, 0.5) is 0 Å². The molecule has 0 atom stereocenters. The van der Waals surface area contributed by atoms with E-state index < -0.39 is 15.9 Å². The molecule has 7 nitrogen and oxygen atoms in total. The first-order valence-corrected chi connectivity index (χ1v) is 8.41. The zero-order valence-corrected chi connectivity index (χ0v) is 13.8. The molecule has 0 radical (unpaired) electrons. The third kappa shape index (κ3) is 5.63. The number of carbonyl (C=O) groups excluding carboxylic acids is 1. The van der Waals surface area contributed by atoms with Gasteiger partial charge in [-0.25, -0.2) is 13.6 Å². The molecule has 0 saturated carbocycles. The van der Waals surface area contributed by atoms with Gasteiger partial charge in [0.25, 0.3) is 5.91 Å². The van der Waals surface area contributed by atoms with Crippen LogP contribution < -0.4 is 15.2 Å². The van der Waals surface area contributed by atoms with Gasteiger partial charge in [0, 0.05) is 13.2 Å². The van der Waals surface area contributed by atoms with E-state index in [-0.39, 0.29) is 22.3 Å². The van der Waals surface area contributed by atoms with Gasteiger partial charge in [-0.1, -0.05) is 0 Å². The second-order valence-electron chi connectivity index (χ2n) is 4.94. The standard InChI is InChI=1S/C14H22N2O5S/c1-10(2)21-8-4-7-16-14(17)12-9-11(22(15,18)19)5-6-13(12)20-3/h5-6,9-10H,4,7-8H2,1-3H3,(H,16,17)(H2,15,18,19). The number of rotatable bonds is 8. The Morgan fingerprint density at radius 3 is 2.59 bits per heavy atom. The summed E-state index contributed by atoms with van der Waals surface area (Å²) in [6, 6.07) is 3.89. The lowest BCUT2D eigenvalue weighted by Gasteiger charge is -2.11. The van der Waals surface area contributed by atoms with Crippen LogP contribution in [0.3, 0.4) is 0 Å². The molecule has 0 bridgehead atoms. The fourth-order valence-corrected chi connectivity index (χ4v) is 2.27. The summed E-state index contributed by atoms with van der Waals surface area (Å²) < 4.78 is 33.2. The number of amides is 1. The summed E-state index contributed by atoms with van der Waals surface area (Å²) in [7, 11) is -2.48. The quantitative estimate of drug-likeness (QED) is 0.688. The van der Waals surface area contributed by atoms with E-state index in [1.54, 1.807) is 0 Å². The number of primary sulfonamides is 1. The van der Waals surface area contributed by atoms with Crippen molar-refractivity contribution in [2.45, 2.75) is 31.3 Å². The van der Waals surface area contributed by atoms with E-state index in [0.717, 1.165) is 0 Å². The number of carbonyl (C=O) groups is 1. The maximum absolute atomic E-state index is 12.1. The van der Waals surface area contributed by atoms with Crippen LogP contribution >= 0.6 is 0 Å². The van der Waals surface area contributed by atoms with Crippen LogP contribution in [0, 0.1) is 0 Å². The number of hydrogen-bond donors (Lipinski definition) is 2. The lowest BCUT2D eigenvalue weighted by molar-refractivity contribution is 0.0757. The van der Waals surface area contributed by atoms with Gasteiger partial charge in [0.15, 0.2) is 0 Å². The summed E-state index contributed by atoms with van der Waals surface area (Å²) in [5, 5.41) is 7.76. The average molecular weight is 330 g/mol. The van der Waals surface area contributed by atoms with Gasteiger partial charge in [-0.2, -0.15) is 0 Å². The minimum atomic E-state index is -3.88. The van der Waals surface area contributed by atoms with Gasteiger partial charge in [0.05, 0.1) is 23.7 Å². The SMILES string of the molecule is COc1ccc(S(N)(=O)=O)cc1C(=O)NCCCOC(C)C. The van der Waals surface area contributed by atoms with Crippen molar-refractivity contribution in [1.82, 2.24) is 5.32 Å². The van der Waals surface area contributed by atoms with Crippen molar-refractivity contribution in [2.75, 3.05) is 20.3 Å². The molecule has 0 fully saturated rings. The van der Waals surface area contributed by atoms with Gasteiger partial charge in [-0.15, -0.1) is 0 Å². The highest BCUT2D eigenvalue weighted by atomic mass is 32.2. The van der Waals surface area contributed by atoms with E-state index >= 15 is 0 Å². The Hall–Kier alpha value is -1.64. The Balaban J connectivity index is 2.75. The van der Waals surface area contributed by atoms with Crippen molar-refractivity contribution in [3.8, 4) is 5.75 Å². The van der Waals surface area contributed by atoms with Crippen molar-refractivity contribution in [3.63, 3.8) is 0 Å². The molecular weight excluding hydrogens is 308 g/mol. The van der Waals surface area contributed by atoms with Crippen molar-refractivity contribution in [3.05, 3.63) is 23.8 Å². The lowest BCUT2D eigenvalue weighted by atomic mass is 10.2. The van der Waals surface area contributed by atoms with Gasteiger partial charge < -0.3 is 14.8 Å². The fourth-order valence-electron chi connectivity index (χ4n) is 1.73. The molecule has 0 saturated heterocycles. The molecular formula is C14H22N2O5S. The first-order valence-electron chi connectivity index (χ1n) is 6.86. The second kappa shape index (κ2) is 8.11. The highest BCUT2D eigenvalue weighted by Gasteiger charge is 2.17. The maximum atomic E-state index is 12.1. The summed E-state index contributed by atoms with van der Waals surface area (Å²) in [5.41, 5.74) is 0.124. The van der Waals surface area contributed by atoms with Crippen LogP contribution in [-0.4, -0.2) is 40.7 Å². The first-order chi connectivity index (χ1) is 10.3. The van der Waals surface area contributed by atoms with E-state index in [0.29, 0.717) is 19.6 Å². The average Bonchev–Trinajstić information content (AvgIpc) is 2.44. The number of ether oxygens (including phenoxy) is 2. The molecule has 124 valence electrons. The number of nitrogens with two attached hydrogens (primary N) is 1. The number of hydrogen-bond acceptors (Lipinski definition) is 5. The van der Waals surface area contributed by atoms with E-state index in [1.165, 1.54) is 25.3 Å². The molecule has 1 aromatic rings. The number of benzene rings is 1. The Kier molecular flexibility index (Phi) is 6.79. The molecule has 0 spiro atoms. The summed E-state index contributed by atoms with van der Waals surface area (Å²) in [6.45, 7) is 4.81. The van der Waals surface area contributed by atoms with Crippen molar-refractivity contribution < 1.29 is 22.7 Å². The largest absolute Gasteiger partial charge is 0.496 e. The van der Waals surface area contributed by atoms with Crippen LogP contribution in [0.1, 0.15) is 30.6 Å². The van der Waals surface area contributed by atoms with E-state index in [1.807, 2.05) is 13.8 Å². The predicted molar refractivity (Wildman–Crippen MR) is 82.4 cm³/mol. The maximum Gasteiger partial charge on any atom is 0.255 e. The van der Waals surface area contributed by atoms with Crippen LogP contribution in [0.5, 0.6) is 5.75 Å².